The van der Waals surface area contributed by atoms with E-state index in [1.54, 1.807) is 11.3 Å². The van der Waals surface area contributed by atoms with Crippen molar-refractivity contribution >= 4 is 17.2 Å². The molecule has 2 rings (SSSR count). The van der Waals surface area contributed by atoms with E-state index in [-0.39, 0.29) is 6.04 Å². The number of aryl methyl sites for hydroxylation is 1. The second kappa shape index (κ2) is 5.65. The van der Waals surface area contributed by atoms with Gasteiger partial charge in [0.15, 0.2) is 0 Å². The largest absolute Gasteiger partial charge is 0.366 e. The fourth-order valence-electron chi connectivity index (χ4n) is 1.77. The maximum atomic E-state index is 9.05. The van der Waals surface area contributed by atoms with Crippen LogP contribution in [0, 0.1) is 18.3 Å². The topological polar surface area (TPSA) is 48.7 Å². The summed E-state index contributed by atoms with van der Waals surface area (Å²) < 4.78 is 0. The average molecular weight is 257 g/mol. The fourth-order valence-corrected chi connectivity index (χ4v) is 2.61. The van der Waals surface area contributed by atoms with Gasteiger partial charge in [0.2, 0.25) is 0 Å². The number of thiophene rings is 1. The smallest absolute Gasteiger partial charge is 0.144 e. The van der Waals surface area contributed by atoms with Crippen LogP contribution in [0.2, 0.25) is 0 Å². The van der Waals surface area contributed by atoms with E-state index in [2.05, 4.69) is 40.8 Å². The first-order valence-electron chi connectivity index (χ1n) is 5.85. The molecule has 0 aromatic carbocycles. The van der Waals surface area contributed by atoms with Gasteiger partial charge >= 0.3 is 0 Å². The van der Waals surface area contributed by atoms with Crippen molar-refractivity contribution < 1.29 is 0 Å². The van der Waals surface area contributed by atoms with Crippen molar-refractivity contribution in [3.05, 3.63) is 45.8 Å². The fraction of sp³-hybridized carbons (Fsp3) is 0.286. The van der Waals surface area contributed by atoms with Crippen molar-refractivity contribution in [2.75, 3.05) is 5.32 Å². The summed E-state index contributed by atoms with van der Waals surface area (Å²) in [5, 5.41) is 14.4. The maximum absolute atomic E-state index is 9.05. The molecule has 0 spiro atoms. The molecule has 0 saturated heterocycles. The molecule has 0 aliphatic rings. The standard InChI is InChI=1S/C14H15N3S/c1-10-5-6-12(9-15)14(16-10)17-11(2)8-13-4-3-7-18-13/h3-7,11H,8H2,1-2H3,(H,16,17). The van der Waals surface area contributed by atoms with Crippen LogP contribution in [-0.4, -0.2) is 11.0 Å². The van der Waals surface area contributed by atoms with Crippen LogP contribution in [0.1, 0.15) is 23.1 Å². The third-order valence-corrected chi connectivity index (χ3v) is 3.52. The molecule has 0 bridgehead atoms. The summed E-state index contributed by atoms with van der Waals surface area (Å²) in [6.45, 7) is 4.03. The molecular weight excluding hydrogens is 242 g/mol. The number of nitriles is 1. The molecule has 0 aliphatic heterocycles. The van der Waals surface area contributed by atoms with Crippen LogP contribution in [0.25, 0.3) is 0 Å². The summed E-state index contributed by atoms with van der Waals surface area (Å²) in [5.41, 5.74) is 1.51. The van der Waals surface area contributed by atoms with Gasteiger partial charge in [0.05, 0.1) is 5.56 Å². The van der Waals surface area contributed by atoms with Crippen LogP contribution in [0.4, 0.5) is 5.82 Å². The minimum atomic E-state index is 0.255. The van der Waals surface area contributed by atoms with E-state index in [1.165, 1.54) is 4.88 Å². The number of nitrogens with one attached hydrogen (secondary N) is 1. The highest BCUT2D eigenvalue weighted by Gasteiger charge is 2.09. The predicted molar refractivity (Wildman–Crippen MR) is 74.8 cm³/mol. The van der Waals surface area contributed by atoms with Crippen LogP contribution in [-0.2, 0) is 6.42 Å². The van der Waals surface area contributed by atoms with E-state index in [9.17, 15) is 0 Å². The van der Waals surface area contributed by atoms with Crippen molar-refractivity contribution in [2.24, 2.45) is 0 Å². The molecule has 3 nitrogen and oxygen atoms in total. The van der Waals surface area contributed by atoms with Gasteiger partial charge in [0.1, 0.15) is 11.9 Å². The van der Waals surface area contributed by atoms with Gasteiger partial charge in [-0.2, -0.15) is 5.26 Å². The molecule has 2 heterocycles. The van der Waals surface area contributed by atoms with Gasteiger partial charge < -0.3 is 5.32 Å². The maximum Gasteiger partial charge on any atom is 0.144 e. The molecular formula is C14H15N3S. The van der Waals surface area contributed by atoms with Gasteiger partial charge in [-0.1, -0.05) is 6.07 Å². The Bertz CT molecular complexity index is 555. The zero-order valence-electron chi connectivity index (χ0n) is 10.5. The Balaban J connectivity index is 2.09. The predicted octanol–water partition coefficient (Wildman–Crippen LogP) is 3.37. The third kappa shape index (κ3) is 3.08. The lowest BCUT2D eigenvalue weighted by molar-refractivity contribution is 0.793. The summed E-state index contributed by atoms with van der Waals surface area (Å²) in [7, 11) is 0. The first-order valence-corrected chi connectivity index (χ1v) is 6.73. The molecule has 1 N–H and O–H groups in total. The quantitative estimate of drug-likeness (QED) is 0.913. The Morgan fingerprint density at radius 2 is 2.28 bits per heavy atom. The minimum absolute atomic E-state index is 0.255. The van der Waals surface area contributed by atoms with Gasteiger partial charge in [0.25, 0.3) is 0 Å². The van der Waals surface area contributed by atoms with E-state index in [4.69, 9.17) is 5.26 Å². The number of nitrogens with zero attached hydrogens (tertiary/aromatic N) is 2. The highest BCUT2D eigenvalue weighted by atomic mass is 32.1. The van der Waals surface area contributed by atoms with Crippen molar-refractivity contribution in [1.29, 1.82) is 5.26 Å². The zero-order valence-corrected chi connectivity index (χ0v) is 11.3. The minimum Gasteiger partial charge on any atom is -0.366 e. The van der Waals surface area contributed by atoms with Crippen LogP contribution in [0.15, 0.2) is 29.6 Å². The summed E-state index contributed by atoms with van der Waals surface area (Å²) in [5.74, 6) is 0.682. The molecule has 4 heteroatoms. The van der Waals surface area contributed by atoms with Gasteiger partial charge in [-0.3, -0.25) is 0 Å². The molecule has 1 atom stereocenters. The van der Waals surface area contributed by atoms with E-state index in [1.807, 2.05) is 19.1 Å². The van der Waals surface area contributed by atoms with E-state index in [0.717, 1.165) is 12.1 Å². The highest BCUT2D eigenvalue weighted by molar-refractivity contribution is 7.09. The monoisotopic (exact) mass is 257 g/mol. The number of pyridine rings is 1. The van der Waals surface area contributed by atoms with Crippen LogP contribution < -0.4 is 5.32 Å². The molecule has 92 valence electrons. The normalized spacial score (nSPS) is 11.8. The Labute approximate surface area is 111 Å². The molecule has 0 fully saturated rings. The van der Waals surface area contributed by atoms with E-state index >= 15 is 0 Å². The number of aromatic nitrogens is 1. The van der Waals surface area contributed by atoms with Gasteiger partial charge in [-0.25, -0.2) is 4.98 Å². The van der Waals surface area contributed by atoms with Gasteiger partial charge in [-0.15, -0.1) is 11.3 Å². The van der Waals surface area contributed by atoms with Crippen molar-refractivity contribution in [2.45, 2.75) is 26.3 Å². The van der Waals surface area contributed by atoms with Crippen LogP contribution >= 0.6 is 11.3 Å². The number of anilines is 1. The summed E-state index contributed by atoms with van der Waals surface area (Å²) in [6, 6.07) is 10.3. The average Bonchev–Trinajstić information content (AvgIpc) is 2.82. The highest BCUT2D eigenvalue weighted by Crippen LogP contribution is 2.16. The van der Waals surface area contributed by atoms with Gasteiger partial charge in [-0.05, 0) is 37.4 Å². The lowest BCUT2D eigenvalue weighted by atomic mass is 10.2. The summed E-state index contributed by atoms with van der Waals surface area (Å²) in [6.07, 6.45) is 0.943. The van der Waals surface area contributed by atoms with Gasteiger partial charge in [0, 0.05) is 23.0 Å². The first kappa shape index (κ1) is 12.6. The molecule has 18 heavy (non-hydrogen) atoms. The molecule has 2 aromatic rings. The number of hydrogen-bond acceptors (Lipinski definition) is 4. The molecule has 0 saturated carbocycles. The van der Waals surface area contributed by atoms with Crippen LogP contribution in [0.5, 0.6) is 0 Å². The lowest BCUT2D eigenvalue weighted by Crippen LogP contribution is -2.19. The van der Waals surface area contributed by atoms with Crippen molar-refractivity contribution in [3.63, 3.8) is 0 Å². The van der Waals surface area contributed by atoms with E-state index in [0.29, 0.717) is 11.4 Å². The third-order valence-electron chi connectivity index (χ3n) is 2.63. The molecule has 1 unspecified atom stereocenters. The molecule has 2 aromatic heterocycles. The Morgan fingerprint density at radius 1 is 1.44 bits per heavy atom. The zero-order chi connectivity index (χ0) is 13.0. The molecule has 0 aliphatic carbocycles. The Hall–Kier alpha value is -1.86. The molecule has 0 radical (unpaired) electrons. The second-order valence-electron chi connectivity index (χ2n) is 4.29. The van der Waals surface area contributed by atoms with Crippen molar-refractivity contribution in [3.8, 4) is 6.07 Å². The Kier molecular flexibility index (Phi) is 3.96. The second-order valence-corrected chi connectivity index (χ2v) is 5.32. The SMILES string of the molecule is Cc1ccc(C#N)c(NC(C)Cc2cccs2)n1. The first-order chi connectivity index (χ1) is 8.69. The number of hydrogen-bond donors (Lipinski definition) is 1. The lowest BCUT2D eigenvalue weighted by Gasteiger charge is -2.15. The van der Waals surface area contributed by atoms with Crippen LogP contribution in [0.3, 0.4) is 0 Å². The van der Waals surface area contributed by atoms with Crippen molar-refractivity contribution in [1.82, 2.24) is 4.98 Å². The molecule has 0 amide bonds. The summed E-state index contributed by atoms with van der Waals surface area (Å²) in [4.78, 5) is 5.72. The van der Waals surface area contributed by atoms with E-state index < -0.39 is 0 Å². The summed E-state index contributed by atoms with van der Waals surface area (Å²) >= 11 is 1.75. The Morgan fingerprint density at radius 3 is 2.94 bits per heavy atom. The number of rotatable bonds is 4.